The van der Waals surface area contributed by atoms with Gasteiger partial charge < -0.3 is 5.32 Å². The first-order chi connectivity index (χ1) is 18.5. The second-order valence-electron chi connectivity index (χ2n) is 9.28. The third-order valence-corrected chi connectivity index (χ3v) is 9.22. The molecular formula is C25H19F8N3O3S. The number of rotatable bonds is 7. The average Bonchev–Trinajstić information content (AvgIpc) is 2.85. The highest BCUT2D eigenvalue weighted by Crippen LogP contribution is 2.55. The Labute approximate surface area is 222 Å². The number of carbonyl (C=O) groups is 1. The second kappa shape index (κ2) is 10.1. The molecule has 6 nitrogen and oxygen atoms in total. The Morgan fingerprint density at radius 2 is 1.40 bits per heavy atom. The predicted molar refractivity (Wildman–Crippen MR) is 124 cm³/mol. The lowest BCUT2D eigenvalue weighted by Crippen LogP contribution is -2.57. The number of hydrogen-bond donors (Lipinski definition) is 1. The normalized spacial score (nSPS) is 20.1. The molecule has 0 bridgehead atoms. The summed E-state index contributed by atoms with van der Waals surface area (Å²) in [6.07, 6.45) is -9.43. The Bertz CT molecular complexity index is 1460. The van der Waals surface area contributed by atoms with E-state index in [1.54, 1.807) is 0 Å². The molecule has 0 radical (unpaired) electrons. The van der Waals surface area contributed by atoms with Crippen LogP contribution in [0.15, 0.2) is 72.1 Å². The van der Waals surface area contributed by atoms with E-state index < -0.39 is 55.9 Å². The van der Waals surface area contributed by atoms with Crippen molar-refractivity contribution in [2.45, 2.75) is 53.0 Å². The van der Waals surface area contributed by atoms with Gasteiger partial charge in [-0.1, -0.05) is 24.3 Å². The third kappa shape index (κ3) is 5.02. The standard InChI is InChI=1S/C25H19F8N3O3S/c26-18-5-7-20(8-6-18)40(38,39)22(10-19(11-22)36-21(37)9-15-12-34-14-35-13-15)16-1-3-17(4-2-16)23(27,24(28,29)30)25(31,32)33/h1-8,12-14,19H,9-11H2,(H,36,37). The fourth-order valence-electron chi connectivity index (χ4n) is 4.66. The summed E-state index contributed by atoms with van der Waals surface area (Å²) in [6, 6.07) is 4.74. The highest BCUT2D eigenvalue weighted by Gasteiger charge is 2.73. The molecule has 15 heteroatoms. The number of aromatic nitrogens is 2. The summed E-state index contributed by atoms with van der Waals surface area (Å²) in [5.41, 5.74) is -7.24. The lowest BCUT2D eigenvalue weighted by molar-refractivity contribution is -0.348. The Morgan fingerprint density at radius 1 is 0.875 bits per heavy atom. The van der Waals surface area contributed by atoms with Crippen molar-refractivity contribution in [1.29, 1.82) is 0 Å². The van der Waals surface area contributed by atoms with Crippen LogP contribution >= 0.6 is 0 Å². The molecule has 1 fully saturated rings. The SMILES string of the molecule is O=C(Cc1cncnc1)NC1CC(c2ccc(C(F)(C(F)(F)F)C(F)(F)F)cc2)(S(=O)(=O)c2ccc(F)cc2)C1. The van der Waals surface area contributed by atoms with Crippen molar-refractivity contribution in [3.8, 4) is 0 Å². The minimum absolute atomic E-state index is 0.142. The summed E-state index contributed by atoms with van der Waals surface area (Å²) in [7, 11) is -4.44. The zero-order valence-electron chi connectivity index (χ0n) is 20.1. The van der Waals surface area contributed by atoms with Crippen LogP contribution in [-0.4, -0.2) is 42.7 Å². The predicted octanol–water partition coefficient (Wildman–Crippen LogP) is 5.10. The first kappa shape index (κ1) is 29.4. The quantitative estimate of drug-likeness (QED) is 0.305. The van der Waals surface area contributed by atoms with Crippen molar-refractivity contribution in [3.63, 3.8) is 0 Å². The second-order valence-corrected chi connectivity index (χ2v) is 11.5. The van der Waals surface area contributed by atoms with Crippen LogP contribution < -0.4 is 5.32 Å². The molecule has 1 N–H and O–H groups in total. The largest absolute Gasteiger partial charge is 0.435 e. The number of amides is 1. The molecule has 0 saturated heterocycles. The highest BCUT2D eigenvalue weighted by atomic mass is 32.2. The van der Waals surface area contributed by atoms with Crippen molar-refractivity contribution in [1.82, 2.24) is 15.3 Å². The van der Waals surface area contributed by atoms with Crippen molar-refractivity contribution < 1.29 is 48.3 Å². The molecule has 214 valence electrons. The summed E-state index contributed by atoms with van der Waals surface area (Å²) in [5, 5.41) is 2.62. The maximum Gasteiger partial charge on any atom is 0.435 e. The smallest absolute Gasteiger partial charge is 0.353 e. The number of alkyl halides is 7. The van der Waals surface area contributed by atoms with E-state index in [4.69, 9.17) is 0 Å². The fourth-order valence-corrected chi connectivity index (χ4v) is 6.90. The van der Waals surface area contributed by atoms with Gasteiger partial charge in [0.15, 0.2) is 9.84 Å². The Balaban J connectivity index is 1.68. The van der Waals surface area contributed by atoms with E-state index in [9.17, 15) is 48.3 Å². The van der Waals surface area contributed by atoms with Gasteiger partial charge in [-0.15, -0.1) is 0 Å². The van der Waals surface area contributed by atoms with E-state index in [1.807, 2.05) is 0 Å². The van der Waals surface area contributed by atoms with Gasteiger partial charge in [0.1, 0.15) is 16.9 Å². The van der Waals surface area contributed by atoms with E-state index in [1.165, 1.54) is 18.7 Å². The topological polar surface area (TPSA) is 89.0 Å². The molecule has 40 heavy (non-hydrogen) atoms. The zero-order valence-corrected chi connectivity index (χ0v) is 20.9. The van der Waals surface area contributed by atoms with Gasteiger partial charge in [0.2, 0.25) is 5.91 Å². The van der Waals surface area contributed by atoms with Crippen LogP contribution in [0.3, 0.4) is 0 Å². The monoisotopic (exact) mass is 593 g/mol. The maximum atomic E-state index is 14.5. The van der Waals surface area contributed by atoms with Crippen LogP contribution in [0.1, 0.15) is 29.5 Å². The third-order valence-electron chi connectivity index (χ3n) is 6.72. The summed E-state index contributed by atoms with van der Waals surface area (Å²) >= 11 is 0. The highest BCUT2D eigenvalue weighted by molar-refractivity contribution is 7.92. The first-order valence-corrected chi connectivity index (χ1v) is 13.0. The van der Waals surface area contributed by atoms with Crippen LogP contribution in [0, 0.1) is 5.82 Å². The van der Waals surface area contributed by atoms with Gasteiger partial charge in [0.25, 0.3) is 0 Å². The molecule has 0 aliphatic heterocycles. The van der Waals surface area contributed by atoms with Gasteiger partial charge >= 0.3 is 18.0 Å². The number of nitrogens with one attached hydrogen (secondary N) is 1. The number of nitrogens with zero attached hydrogens (tertiary/aromatic N) is 2. The van der Waals surface area contributed by atoms with E-state index >= 15 is 0 Å². The molecule has 1 aromatic heterocycles. The van der Waals surface area contributed by atoms with Crippen LogP contribution in [0.4, 0.5) is 35.1 Å². The van der Waals surface area contributed by atoms with Crippen LogP contribution in [0.5, 0.6) is 0 Å². The van der Waals surface area contributed by atoms with Gasteiger partial charge in [-0.2, -0.15) is 26.3 Å². The number of sulfone groups is 1. The Hall–Kier alpha value is -3.62. The molecule has 0 atom stereocenters. The van der Waals surface area contributed by atoms with Crippen LogP contribution in [0.25, 0.3) is 0 Å². The van der Waals surface area contributed by atoms with Gasteiger partial charge in [-0.25, -0.2) is 27.2 Å². The molecule has 3 aromatic rings. The Morgan fingerprint density at radius 3 is 1.90 bits per heavy atom. The van der Waals surface area contributed by atoms with E-state index in [2.05, 4.69) is 15.3 Å². The molecular weight excluding hydrogens is 574 g/mol. The average molecular weight is 593 g/mol. The molecule has 4 rings (SSSR count). The van der Waals surface area contributed by atoms with Crippen molar-refractivity contribution in [2.75, 3.05) is 0 Å². The summed E-state index contributed by atoms with van der Waals surface area (Å²) in [5.74, 6) is -1.26. The van der Waals surface area contributed by atoms with Crippen molar-refractivity contribution in [2.24, 2.45) is 0 Å². The van der Waals surface area contributed by atoms with Crippen molar-refractivity contribution in [3.05, 3.63) is 89.8 Å². The van der Waals surface area contributed by atoms with Crippen LogP contribution in [0.2, 0.25) is 0 Å². The lowest BCUT2D eigenvalue weighted by Gasteiger charge is -2.47. The maximum absolute atomic E-state index is 14.5. The molecule has 1 heterocycles. The number of carbonyl (C=O) groups excluding carboxylic acids is 1. The number of hydrogen-bond acceptors (Lipinski definition) is 5. The molecule has 1 aliphatic rings. The van der Waals surface area contributed by atoms with E-state index in [-0.39, 0.29) is 41.9 Å². The lowest BCUT2D eigenvalue weighted by atomic mass is 9.74. The van der Waals surface area contributed by atoms with E-state index in [0.717, 1.165) is 24.3 Å². The summed E-state index contributed by atoms with van der Waals surface area (Å²) in [6.45, 7) is 0. The fraction of sp³-hybridized carbons (Fsp3) is 0.320. The first-order valence-electron chi connectivity index (χ1n) is 11.5. The summed E-state index contributed by atoms with van der Waals surface area (Å²) < 4.78 is 133. The number of benzene rings is 2. The van der Waals surface area contributed by atoms with Gasteiger partial charge in [0, 0.05) is 24.0 Å². The minimum Gasteiger partial charge on any atom is -0.353 e. The van der Waals surface area contributed by atoms with Crippen LogP contribution in [-0.2, 0) is 31.5 Å². The molecule has 1 saturated carbocycles. The van der Waals surface area contributed by atoms with Gasteiger partial charge in [-0.3, -0.25) is 4.79 Å². The summed E-state index contributed by atoms with van der Waals surface area (Å²) in [4.78, 5) is 19.6. The zero-order chi connectivity index (χ0) is 29.6. The molecule has 2 aromatic carbocycles. The minimum atomic E-state index is -6.35. The Kier molecular flexibility index (Phi) is 7.41. The molecule has 0 unspecified atom stereocenters. The molecule has 1 aliphatic carbocycles. The van der Waals surface area contributed by atoms with Crippen molar-refractivity contribution >= 4 is 15.7 Å². The molecule has 0 spiro atoms. The van der Waals surface area contributed by atoms with Gasteiger partial charge in [-0.05, 0) is 48.2 Å². The number of halogens is 8. The van der Waals surface area contributed by atoms with Gasteiger partial charge in [0.05, 0.1) is 11.3 Å². The van der Waals surface area contributed by atoms with E-state index in [0.29, 0.717) is 17.7 Å². The molecule has 1 amide bonds.